The fourth-order valence-electron chi connectivity index (χ4n) is 17.3. The molecule has 0 aliphatic carbocycles. The van der Waals surface area contributed by atoms with Crippen LogP contribution in [0.15, 0.2) is 0 Å². The van der Waals surface area contributed by atoms with Crippen molar-refractivity contribution in [2.45, 2.75) is 610 Å². The van der Waals surface area contributed by atoms with Crippen molar-refractivity contribution in [3.05, 3.63) is 0 Å². The molecule has 2 rings (SSSR count). The monoisotopic (exact) mass is 1670 g/mol. The Morgan fingerprint density at radius 3 is 0.669 bits per heavy atom. The van der Waals surface area contributed by atoms with Crippen molar-refractivity contribution >= 4 is 29.8 Å². The van der Waals surface area contributed by atoms with Crippen LogP contribution in [-0.2, 0) is 61.9 Å². The van der Waals surface area contributed by atoms with Gasteiger partial charge in [-0.2, -0.15) is 0 Å². The van der Waals surface area contributed by atoms with Crippen molar-refractivity contribution in [3.8, 4) is 0 Å². The van der Waals surface area contributed by atoms with Crippen LogP contribution in [0.5, 0.6) is 0 Å². The third-order valence-electron chi connectivity index (χ3n) is 25.1. The standard InChI is InChI=1S/C102H192O16/c1-6-11-16-21-26-31-36-41-46-51-56-61-66-71-76-81-90(104)111-87-89-96(98(115-92(106)83-78-73-68-63-58-53-48-43-38-33-28-23-18-13-8-3)99(101(110)112-89)116-93(107)84-79-74-69-64-59-54-49-44-39-34-29-24-19-14-9-4)118-102-100(117-94(108)85-80-75-70-65-60-55-50-45-40-35-30-25-20-15-10-5)97(95(109)88(86-103)113-102)114-91(105)82-77-72-67-62-57-52-47-42-37-32-27-22-17-12-7-2/h88-89,95-103,109-110H,6-87H2,1-5H3/t88-,89-,95-,96-,97+,98+,99-,100-,101+,102-/m1/s1. The number of aliphatic hydroxyl groups is 3. The van der Waals surface area contributed by atoms with E-state index in [0.29, 0.717) is 32.1 Å². The van der Waals surface area contributed by atoms with E-state index in [1.165, 1.54) is 321 Å². The van der Waals surface area contributed by atoms with Crippen LogP contribution < -0.4 is 0 Å². The van der Waals surface area contributed by atoms with Gasteiger partial charge in [0.05, 0.1) is 6.61 Å². The molecule has 118 heavy (non-hydrogen) atoms. The van der Waals surface area contributed by atoms with Crippen LogP contribution in [0.25, 0.3) is 0 Å². The van der Waals surface area contributed by atoms with E-state index in [9.17, 15) is 39.3 Å². The number of hydrogen-bond donors (Lipinski definition) is 3. The van der Waals surface area contributed by atoms with Crippen LogP contribution in [0.2, 0.25) is 0 Å². The van der Waals surface area contributed by atoms with E-state index < -0.39 is 104 Å². The molecule has 0 aromatic carbocycles. The Labute approximate surface area is 726 Å². The maximum Gasteiger partial charge on any atom is 0.306 e. The molecule has 2 fully saturated rings. The van der Waals surface area contributed by atoms with Crippen molar-refractivity contribution in [2.75, 3.05) is 13.2 Å². The minimum Gasteiger partial charge on any atom is -0.463 e. The Morgan fingerprint density at radius 2 is 0.432 bits per heavy atom. The Morgan fingerprint density at radius 1 is 0.229 bits per heavy atom. The Bertz CT molecular complexity index is 2220. The summed E-state index contributed by atoms with van der Waals surface area (Å²) in [5.41, 5.74) is 0. The normalized spacial score (nSPS) is 19.4. The number of aliphatic hydroxyl groups excluding tert-OH is 3. The number of esters is 5. The van der Waals surface area contributed by atoms with Gasteiger partial charge in [-0.25, -0.2) is 0 Å². The molecule has 3 N–H and O–H groups in total. The zero-order valence-electron chi connectivity index (χ0n) is 77.9. The largest absolute Gasteiger partial charge is 0.463 e. The number of ether oxygens (including phenoxy) is 8. The molecule has 0 aromatic heterocycles. The highest BCUT2D eigenvalue weighted by Crippen LogP contribution is 2.36. The first-order valence-electron chi connectivity index (χ1n) is 51.8. The molecule has 16 heteroatoms. The second-order valence-electron chi connectivity index (χ2n) is 36.4. The molecule has 0 radical (unpaired) electrons. The van der Waals surface area contributed by atoms with E-state index in [1.54, 1.807) is 0 Å². The van der Waals surface area contributed by atoms with Gasteiger partial charge in [-0.3, -0.25) is 24.0 Å². The van der Waals surface area contributed by atoms with Gasteiger partial charge in [0.15, 0.2) is 37.0 Å². The summed E-state index contributed by atoms with van der Waals surface area (Å²) in [5.74, 6) is -3.06. The summed E-state index contributed by atoms with van der Waals surface area (Å²) in [7, 11) is 0. The van der Waals surface area contributed by atoms with Crippen molar-refractivity contribution in [2.24, 2.45) is 0 Å². The van der Waals surface area contributed by atoms with Gasteiger partial charge in [0, 0.05) is 32.1 Å². The Kier molecular flexibility index (Phi) is 78.8. The second-order valence-corrected chi connectivity index (χ2v) is 36.4. The summed E-state index contributed by atoms with van der Waals surface area (Å²) in [6.45, 7) is 10.0. The summed E-state index contributed by atoms with van der Waals surface area (Å²) in [5, 5.41) is 35.3. The number of carbonyl (C=O) groups excluding carboxylic acids is 5. The predicted molar refractivity (Wildman–Crippen MR) is 486 cm³/mol. The van der Waals surface area contributed by atoms with Crippen LogP contribution in [0, 0.1) is 0 Å². The molecule has 0 bridgehead atoms. The van der Waals surface area contributed by atoms with Crippen molar-refractivity contribution < 1.29 is 77.2 Å². The van der Waals surface area contributed by atoms with Crippen LogP contribution >= 0.6 is 0 Å². The van der Waals surface area contributed by atoms with Gasteiger partial charge in [-0.05, 0) is 32.1 Å². The molecular formula is C102H192O16. The minimum atomic E-state index is -1.89. The van der Waals surface area contributed by atoms with Gasteiger partial charge in [-0.15, -0.1) is 0 Å². The maximum atomic E-state index is 14.5. The van der Waals surface area contributed by atoms with Gasteiger partial charge in [-0.1, -0.05) is 484 Å². The highest BCUT2D eigenvalue weighted by Gasteiger charge is 2.56. The van der Waals surface area contributed by atoms with Gasteiger partial charge in [0.25, 0.3) is 0 Å². The summed E-state index contributed by atoms with van der Waals surface area (Å²) in [6, 6.07) is 0. The van der Waals surface area contributed by atoms with Gasteiger partial charge in [0.1, 0.15) is 31.0 Å². The lowest BCUT2D eigenvalue weighted by molar-refractivity contribution is -0.357. The molecule has 0 aromatic rings. The van der Waals surface area contributed by atoms with Crippen LogP contribution in [-0.4, -0.2) is 120 Å². The fraction of sp³-hybridized carbons (Fsp3) is 0.951. The van der Waals surface area contributed by atoms with Crippen molar-refractivity contribution in [1.29, 1.82) is 0 Å². The average Bonchev–Trinajstić information content (AvgIpc) is 0.770. The predicted octanol–water partition coefficient (Wildman–Crippen LogP) is 28.7. The molecule has 10 atom stereocenters. The zero-order valence-corrected chi connectivity index (χ0v) is 77.9. The number of rotatable bonds is 89. The van der Waals surface area contributed by atoms with E-state index in [-0.39, 0.29) is 32.1 Å². The van der Waals surface area contributed by atoms with E-state index >= 15 is 0 Å². The molecule has 2 aliphatic rings. The van der Waals surface area contributed by atoms with Crippen LogP contribution in [0.3, 0.4) is 0 Å². The van der Waals surface area contributed by atoms with Gasteiger partial charge >= 0.3 is 29.8 Å². The first-order chi connectivity index (χ1) is 57.9. The first kappa shape index (κ1) is 111. The third kappa shape index (κ3) is 63.9. The lowest BCUT2D eigenvalue weighted by Gasteiger charge is -2.47. The number of hydrogen-bond acceptors (Lipinski definition) is 16. The van der Waals surface area contributed by atoms with Crippen LogP contribution in [0.4, 0.5) is 0 Å². The van der Waals surface area contributed by atoms with Gasteiger partial charge < -0.3 is 53.2 Å². The summed E-state index contributed by atoms with van der Waals surface area (Å²) < 4.78 is 50.9. The van der Waals surface area contributed by atoms with E-state index in [0.717, 1.165) is 128 Å². The third-order valence-corrected chi connectivity index (χ3v) is 25.1. The van der Waals surface area contributed by atoms with Crippen LogP contribution in [0.1, 0.15) is 548 Å². The zero-order chi connectivity index (χ0) is 85.3. The smallest absolute Gasteiger partial charge is 0.306 e. The fourth-order valence-corrected chi connectivity index (χ4v) is 17.3. The highest BCUT2D eigenvalue weighted by atomic mass is 16.8. The first-order valence-corrected chi connectivity index (χ1v) is 51.8. The molecular weight excluding hydrogens is 1480 g/mol. The van der Waals surface area contributed by atoms with Crippen molar-refractivity contribution in [1.82, 2.24) is 0 Å². The topological polar surface area (TPSA) is 220 Å². The number of carbonyl (C=O) groups is 5. The van der Waals surface area contributed by atoms with Gasteiger partial charge in [0.2, 0.25) is 0 Å². The Balaban J connectivity index is 2.48. The molecule has 0 amide bonds. The quantitative estimate of drug-likeness (QED) is 0.0293. The molecule has 0 unspecified atom stereocenters. The molecule has 16 nitrogen and oxygen atoms in total. The van der Waals surface area contributed by atoms with E-state index in [4.69, 9.17) is 37.9 Å². The SMILES string of the molecule is CCCCCCCCCCCCCCCCCC(=O)OC[C@H]1O[C@H](O)[C@H](OC(=O)CCCCCCCCCCCCCCCCC)[C@@H](OC(=O)CCCCCCCCCCCCCCCCC)[C@@H]1O[C@H]1O[C@H](CO)[C@@H](O)[C@H](OC(=O)CCCCCCCCCCCCCCCCC)[C@H]1OC(=O)CCCCCCCCCCCCCCCCC. The minimum absolute atomic E-state index is 0.00671. The summed E-state index contributed by atoms with van der Waals surface area (Å²) in [6.07, 6.45) is 71.2. The lowest BCUT2D eigenvalue weighted by atomic mass is 9.96. The summed E-state index contributed by atoms with van der Waals surface area (Å²) in [4.78, 5) is 71.2. The molecule has 0 spiro atoms. The molecule has 696 valence electrons. The second kappa shape index (κ2) is 83.6. The lowest BCUT2D eigenvalue weighted by Crippen LogP contribution is -2.66. The van der Waals surface area contributed by atoms with E-state index in [1.807, 2.05) is 0 Å². The molecule has 2 aliphatic heterocycles. The van der Waals surface area contributed by atoms with Crippen molar-refractivity contribution in [3.63, 3.8) is 0 Å². The number of unbranched alkanes of at least 4 members (excludes halogenated alkanes) is 70. The summed E-state index contributed by atoms with van der Waals surface area (Å²) >= 11 is 0. The highest BCUT2D eigenvalue weighted by molar-refractivity contribution is 5.72. The molecule has 2 saturated heterocycles. The van der Waals surface area contributed by atoms with E-state index in [2.05, 4.69) is 34.6 Å². The average molecular weight is 1670 g/mol. The molecule has 2 heterocycles. The maximum absolute atomic E-state index is 14.5. The molecule has 0 saturated carbocycles. The Hall–Kier alpha value is -2.89.